The van der Waals surface area contributed by atoms with E-state index >= 15 is 0 Å². The van der Waals surface area contributed by atoms with Crippen molar-refractivity contribution in [2.75, 3.05) is 39.3 Å². The maximum absolute atomic E-state index is 12.4. The lowest BCUT2D eigenvalue weighted by molar-refractivity contribution is -0.149. The van der Waals surface area contributed by atoms with Crippen molar-refractivity contribution in [1.29, 1.82) is 0 Å². The van der Waals surface area contributed by atoms with Crippen LogP contribution >= 0.6 is 0 Å². The Kier molecular flexibility index (Phi) is 5.61. The van der Waals surface area contributed by atoms with Crippen LogP contribution in [0.5, 0.6) is 0 Å². The number of hydrogen-bond acceptors (Lipinski definition) is 3. The minimum Gasteiger partial charge on any atom is -0.330 e. The summed E-state index contributed by atoms with van der Waals surface area (Å²) >= 11 is 0. The minimum absolute atomic E-state index is 0.198. The monoisotopic (exact) mass is 301 g/mol. The Balaban J connectivity index is 1.95. The number of alkyl halides is 3. The molecule has 1 atom stereocenters. The predicted octanol–water partition coefficient (Wildman–Crippen LogP) is 2.26. The van der Waals surface area contributed by atoms with Gasteiger partial charge in [0.05, 0.1) is 6.54 Å². The highest BCUT2D eigenvalue weighted by Gasteiger charge is 2.33. The van der Waals surface area contributed by atoms with Gasteiger partial charge in [-0.3, -0.25) is 9.80 Å². The topological polar surface area (TPSA) is 32.5 Å². The number of nitrogens with zero attached hydrogens (tertiary/aromatic N) is 2. The van der Waals surface area contributed by atoms with Gasteiger partial charge in [0.2, 0.25) is 0 Å². The van der Waals surface area contributed by atoms with Crippen LogP contribution in [0.15, 0.2) is 30.3 Å². The van der Waals surface area contributed by atoms with Gasteiger partial charge >= 0.3 is 6.18 Å². The van der Waals surface area contributed by atoms with Crippen molar-refractivity contribution >= 4 is 0 Å². The van der Waals surface area contributed by atoms with Crippen molar-refractivity contribution in [2.24, 2.45) is 5.73 Å². The molecule has 21 heavy (non-hydrogen) atoms. The van der Waals surface area contributed by atoms with Gasteiger partial charge in [-0.2, -0.15) is 13.2 Å². The summed E-state index contributed by atoms with van der Waals surface area (Å²) in [6, 6.07) is 10.2. The fraction of sp³-hybridized carbons (Fsp3) is 0.600. The maximum Gasteiger partial charge on any atom is 0.401 e. The molecule has 0 aliphatic carbocycles. The molecule has 0 radical (unpaired) electrons. The van der Waals surface area contributed by atoms with E-state index in [1.807, 2.05) is 18.2 Å². The molecular formula is C15H22F3N3. The number of halogens is 3. The van der Waals surface area contributed by atoms with Crippen LogP contribution in [-0.2, 0) is 0 Å². The van der Waals surface area contributed by atoms with Gasteiger partial charge < -0.3 is 5.73 Å². The van der Waals surface area contributed by atoms with E-state index in [1.165, 1.54) is 10.5 Å². The van der Waals surface area contributed by atoms with Crippen LogP contribution in [-0.4, -0.2) is 55.2 Å². The Morgan fingerprint density at radius 2 is 1.67 bits per heavy atom. The molecule has 1 aromatic rings. The fourth-order valence-electron chi connectivity index (χ4n) is 2.88. The van der Waals surface area contributed by atoms with E-state index in [4.69, 9.17) is 5.73 Å². The molecule has 0 bridgehead atoms. The molecule has 118 valence electrons. The zero-order valence-electron chi connectivity index (χ0n) is 12.0. The van der Waals surface area contributed by atoms with Crippen LogP contribution in [0.4, 0.5) is 13.2 Å². The molecule has 2 N–H and O–H groups in total. The lowest BCUT2D eigenvalue weighted by Crippen LogP contribution is -2.50. The van der Waals surface area contributed by atoms with Gasteiger partial charge in [-0.15, -0.1) is 0 Å². The summed E-state index contributed by atoms with van der Waals surface area (Å²) in [5.41, 5.74) is 6.89. The second-order valence-electron chi connectivity index (χ2n) is 5.43. The van der Waals surface area contributed by atoms with Crippen molar-refractivity contribution in [3.05, 3.63) is 35.9 Å². The molecule has 1 aliphatic rings. The Morgan fingerprint density at radius 1 is 1.05 bits per heavy atom. The summed E-state index contributed by atoms with van der Waals surface area (Å²) in [6.07, 6.45) is -3.29. The maximum atomic E-state index is 12.4. The number of piperazine rings is 1. The molecule has 3 nitrogen and oxygen atoms in total. The molecule has 2 rings (SSSR count). The third-order valence-electron chi connectivity index (χ3n) is 3.87. The molecular weight excluding hydrogens is 279 g/mol. The molecule has 0 saturated carbocycles. The SMILES string of the molecule is NCCC(c1ccccc1)N1CCN(CC(F)(F)F)CC1. The van der Waals surface area contributed by atoms with Gasteiger partial charge in [0, 0.05) is 32.2 Å². The number of hydrogen-bond donors (Lipinski definition) is 1. The first-order valence-electron chi connectivity index (χ1n) is 7.28. The molecule has 1 heterocycles. The molecule has 1 saturated heterocycles. The van der Waals surface area contributed by atoms with Crippen molar-refractivity contribution in [2.45, 2.75) is 18.6 Å². The smallest absolute Gasteiger partial charge is 0.330 e. The van der Waals surface area contributed by atoms with Gasteiger partial charge in [0.15, 0.2) is 0 Å². The van der Waals surface area contributed by atoms with E-state index in [1.54, 1.807) is 0 Å². The second kappa shape index (κ2) is 7.24. The van der Waals surface area contributed by atoms with E-state index in [9.17, 15) is 13.2 Å². The number of nitrogens with two attached hydrogens (primary N) is 1. The molecule has 1 aromatic carbocycles. The van der Waals surface area contributed by atoms with Crippen molar-refractivity contribution in [1.82, 2.24) is 9.80 Å². The highest BCUT2D eigenvalue weighted by atomic mass is 19.4. The second-order valence-corrected chi connectivity index (χ2v) is 5.43. The van der Waals surface area contributed by atoms with Gasteiger partial charge in [0.1, 0.15) is 0 Å². The first kappa shape index (κ1) is 16.3. The highest BCUT2D eigenvalue weighted by molar-refractivity contribution is 5.19. The van der Waals surface area contributed by atoms with Crippen LogP contribution in [0.1, 0.15) is 18.0 Å². The third-order valence-corrected chi connectivity index (χ3v) is 3.87. The van der Waals surface area contributed by atoms with Crippen LogP contribution in [0.3, 0.4) is 0 Å². The Labute approximate surface area is 123 Å². The predicted molar refractivity (Wildman–Crippen MR) is 76.9 cm³/mol. The first-order valence-corrected chi connectivity index (χ1v) is 7.28. The molecule has 0 aromatic heterocycles. The molecule has 1 unspecified atom stereocenters. The number of benzene rings is 1. The standard InChI is InChI=1S/C15H22F3N3/c16-15(17,18)12-20-8-10-21(11-9-20)14(6-7-19)13-4-2-1-3-5-13/h1-5,14H,6-12,19H2. The summed E-state index contributed by atoms with van der Waals surface area (Å²) in [7, 11) is 0. The van der Waals surface area contributed by atoms with Crippen LogP contribution in [0.2, 0.25) is 0 Å². The van der Waals surface area contributed by atoms with E-state index in [0.29, 0.717) is 32.7 Å². The summed E-state index contributed by atoms with van der Waals surface area (Å²) in [5, 5.41) is 0. The molecule has 0 amide bonds. The summed E-state index contributed by atoms with van der Waals surface area (Å²) in [5.74, 6) is 0. The molecule has 0 spiro atoms. The summed E-state index contributed by atoms with van der Waals surface area (Å²) < 4.78 is 37.2. The minimum atomic E-state index is -4.11. The summed E-state index contributed by atoms with van der Waals surface area (Å²) in [4.78, 5) is 3.72. The van der Waals surface area contributed by atoms with Gasteiger partial charge in [-0.25, -0.2) is 0 Å². The van der Waals surface area contributed by atoms with E-state index in [0.717, 1.165) is 6.42 Å². The van der Waals surface area contributed by atoms with Crippen LogP contribution < -0.4 is 5.73 Å². The Morgan fingerprint density at radius 3 is 2.19 bits per heavy atom. The lowest BCUT2D eigenvalue weighted by atomic mass is 10.0. The molecule has 1 fully saturated rings. The summed E-state index contributed by atoms with van der Waals surface area (Å²) in [6.45, 7) is 1.96. The quantitative estimate of drug-likeness (QED) is 0.905. The zero-order valence-corrected chi connectivity index (χ0v) is 12.0. The first-order chi connectivity index (χ1) is 9.99. The highest BCUT2D eigenvalue weighted by Crippen LogP contribution is 2.26. The van der Waals surface area contributed by atoms with Crippen molar-refractivity contribution in [3.8, 4) is 0 Å². The van der Waals surface area contributed by atoms with E-state index < -0.39 is 12.7 Å². The number of rotatable bonds is 5. The Hall–Kier alpha value is -1.11. The Bertz CT molecular complexity index is 414. The van der Waals surface area contributed by atoms with Crippen LogP contribution in [0, 0.1) is 0 Å². The average molecular weight is 301 g/mol. The lowest BCUT2D eigenvalue weighted by Gasteiger charge is -2.39. The fourth-order valence-corrected chi connectivity index (χ4v) is 2.88. The van der Waals surface area contributed by atoms with Crippen molar-refractivity contribution < 1.29 is 13.2 Å². The van der Waals surface area contributed by atoms with Crippen molar-refractivity contribution in [3.63, 3.8) is 0 Å². The van der Waals surface area contributed by atoms with E-state index in [-0.39, 0.29) is 6.04 Å². The zero-order chi connectivity index (χ0) is 15.3. The van der Waals surface area contributed by atoms with Crippen LogP contribution in [0.25, 0.3) is 0 Å². The largest absolute Gasteiger partial charge is 0.401 e. The van der Waals surface area contributed by atoms with Gasteiger partial charge in [-0.05, 0) is 18.5 Å². The van der Waals surface area contributed by atoms with Gasteiger partial charge in [0.25, 0.3) is 0 Å². The van der Waals surface area contributed by atoms with Gasteiger partial charge in [-0.1, -0.05) is 30.3 Å². The molecule has 1 aliphatic heterocycles. The third kappa shape index (κ3) is 4.98. The normalized spacial score (nSPS) is 19.6. The van der Waals surface area contributed by atoms with E-state index in [2.05, 4.69) is 17.0 Å². The average Bonchev–Trinajstić information content (AvgIpc) is 2.45. The molecule has 6 heteroatoms.